The highest BCUT2D eigenvalue weighted by molar-refractivity contribution is 7.89. The number of nitrogens with one attached hydrogen (secondary N) is 1. The number of benzene rings is 1. The number of hydrogen-bond acceptors (Lipinski definition) is 3. The molecule has 2 rings (SSSR count). The summed E-state index contributed by atoms with van der Waals surface area (Å²) in [6.45, 7) is 0. The van der Waals surface area contributed by atoms with Crippen molar-refractivity contribution in [2.75, 3.05) is 0 Å². The van der Waals surface area contributed by atoms with Gasteiger partial charge in [0.25, 0.3) is 0 Å². The van der Waals surface area contributed by atoms with Crippen molar-refractivity contribution in [1.82, 2.24) is 4.72 Å². The molecule has 4 nitrogen and oxygen atoms in total. The fraction of sp³-hybridized carbons (Fsp3) is 0.500. The summed E-state index contributed by atoms with van der Waals surface area (Å²) in [5, 5.41) is 9.32. The van der Waals surface area contributed by atoms with Gasteiger partial charge in [0.1, 0.15) is 4.90 Å². The van der Waals surface area contributed by atoms with E-state index >= 15 is 0 Å². The Morgan fingerprint density at radius 3 is 2.25 bits per heavy atom. The third-order valence-corrected chi connectivity index (χ3v) is 4.85. The van der Waals surface area contributed by atoms with Gasteiger partial charge in [0.15, 0.2) is 17.5 Å². The molecule has 112 valence electrons. The molecule has 20 heavy (non-hydrogen) atoms. The molecule has 0 atom stereocenters. The van der Waals surface area contributed by atoms with Crippen LogP contribution in [-0.2, 0) is 10.0 Å². The number of hydrogen-bond donors (Lipinski definition) is 2. The molecule has 1 aromatic carbocycles. The van der Waals surface area contributed by atoms with Crippen LogP contribution in [0.25, 0.3) is 0 Å². The van der Waals surface area contributed by atoms with Crippen molar-refractivity contribution in [2.45, 2.75) is 42.7 Å². The second kappa shape index (κ2) is 5.71. The van der Waals surface area contributed by atoms with Gasteiger partial charge in [-0.1, -0.05) is 0 Å². The first-order chi connectivity index (χ1) is 9.31. The van der Waals surface area contributed by atoms with Gasteiger partial charge in [0, 0.05) is 6.04 Å². The average molecular weight is 309 g/mol. The summed E-state index contributed by atoms with van der Waals surface area (Å²) in [5.74, 6) is -4.98. The Hall–Kier alpha value is -1.12. The van der Waals surface area contributed by atoms with E-state index in [0.29, 0.717) is 37.8 Å². The van der Waals surface area contributed by atoms with Crippen LogP contribution in [0.3, 0.4) is 0 Å². The third-order valence-electron chi connectivity index (χ3n) is 3.31. The maximum atomic E-state index is 13.5. The monoisotopic (exact) mass is 309 g/mol. The SMILES string of the molecule is O=S(=O)(NC1CCC(O)CC1)c1ccc(F)c(F)c1F. The minimum atomic E-state index is -4.26. The molecule has 8 heteroatoms. The normalized spacial score (nSPS) is 23.8. The molecule has 0 spiro atoms. The number of aliphatic hydroxyl groups excluding tert-OH is 1. The van der Waals surface area contributed by atoms with Gasteiger partial charge in [-0.05, 0) is 37.8 Å². The maximum Gasteiger partial charge on any atom is 0.243 e. The summed E-state index contributed by atoms with van der Waals surface area (Å²) in [6, 6.07) is 0.807. The Bertz CT molecular complexity index is 598. The predicted octanol–water partition coefficient (Wildman–Crippen LogP) is 1.69. The average Bonchev–Trinajstić information content (AvgIpc) is 2.38. The highest BCUT2D eigenvalue weighted by atomic mass is 32.2. The molecule has 0 saturated heterocycles. The molecular formula is C12H14F3NO3S. The van der Waals surface area contributed by atoms with Crippen LogP contribution in [0.5, 0.6) is 0 Å². The highest BCUT2D eigenvalue weighted by Crippen LogP contribution is 2.23. The molecule has 1 aliphatic carbocycles. The molecular weight excluding hydrogens is 295 g/mol. The third kappa shape index (κ3) is 3.13. The van der Waals surface area contributed by atoms with Crippen molar-refractivity contribution in [2.24, 2.45) is 0 Å². The molecule has 0 amide bonds. The molecule has 0 heterocycles. The lowest BCUT2D eigenvalue weighted by Crippen LogP contribution is -2.38. The summed E-state index contributed by atoms with van der Waals surface area (Å²) in [7, 11) is -4.26. The lowest BCUT2D eigenvalue weighted by Gasteiger charge is -2.26. The van der Waals surface area contributed by atoms with Crippen LogP contribution < -0.4 is 4.72 Å². The first kappa shape index (κ1) is 15.3. The van der Waals surface area contributed by atoms with E-state index in [-0.39, 0.29) is 0 Å². The van der Waals surface area contributed by atoms with Crippen molar-refractivity contribution in [3.8, 4) is 0 Å². The molecule has 1 saturated carbocycles. The van der Waals surface area contributed by atoms with E-state index in [1.54, 1.807) is 0 Å². The van der Waals surface area contributed by atoms with Crippen LogP contribution in [0.4, 0.5) is 13.2 Å². The second-order valence-corrected chi connectivity index (χ2v) is 6.48. The van der Waals surface area contributed by atoms with E-state index in [4.69, 9.17) is 0 Å². The Labute approximate surface area is 114 Å². The molecule has 2 N–H and O–H groups in total. The lowest BCUT2D eigenvalue weighted by molar-refractivity contribution is 0.120. The topological polar surface area (TPSA) is 66.4 Å². The van der Waals surface area contributed by atoms with Crippen LogP contribution in [0.2, 0.25) is 0 Å². The Balaban J connectivity index is 2.21. The van der Waals surface area contributed by atoms with Gasteiger partial charge in [-0.15, -0.1) is 0 Å². The molecule has 1 aromatic rings. The number of sulfonamides is 1. The van der Waals surface area contributed by atoms with Gasteiger partial charge in [-0.3, -0.25) is 0 Å². The van der Waals surface area contributed by atoms with Gasteiger partial charge < -0.3 is 5.11 Å². The molecule has 0 aromatic heterocycles. The predicted molar refractivity (Wildman–Crippen MR) is 64.9 cm³/mol. The van der Waals surface area contributed by atoms with E-state index < -0.39 is 44.5 Å². The molecule has 0 unspecified atom stereocenters. The second-order valence-electron chi connectivity index (χ2n) is 4.80. The van der Waals surface area contributed by atoms with E-state index in [9.17, 15) is 26.7 Å². The van der Waals surface area contributed by atoms with Crippen LogP contribution in [0, 0.1) is 17.5 Å². The van der Waals surface area contributed by atoms with Crippen molar-refractivity contribution < 1.29 is 26.7 Å². The van der Waals surface area contributed by atoms with E-state index in [1.807, 2.05) is 0 Å². The molecule has 1 aliphatic rings. The summed E-state index contributed by atoms with van der Waals surface area (Å²) in [6.07, 6.45) is 1.23. The zero-order valence-electron chi connectivity index (χ0n) is 10.4. The Kier molecular flexibility index (Phi) is 4.36. The molecule has 0 aliphatic heterocycles. The Morgan fingerprint density at radius 2 is 1.65 bits per heavy atom. The zero-order chi connectivity index (χ0) is 14.9. The summed E-state index contributed by atoms with van der Waals surface area (Å²) >= 11 is 0. The van der Waals surface area contributed by atoms with Gasteiger partial charge in [-0.25, -0.2) is 26.3 Å². The molecule has 0 radical (unpaired) electrons. The van der Waals surface area contributed by atoms with Crippen molar-refractivity contribution in [3.05, 3.63) is 29.6 Å². The first-order valence-corrected chi connectivity index (χ1v) is 7.63. The van der Waals surface area contributed by atoms with Crippen LogP contribution in [0.15, 0.2) is 17.0 Å². The number of halogens is 3. The summed E-state index contributed by atoms with van der Waals surface area (Å²) in [4.78, 5) is -0.914. The van der Waals surface area contributed by atoms with Gasteiger partial charge in [0.05, 0.1) is 6.10 Å². The smallest absolute Gasteiger partial charge is 0.243 e. The number of rotatable bonds is 3. The van der Waals surface area contributed by atoms with E-state index in [2.05, 4.69) is 4.72 Å². The van der Waals surface area contributed by atoms with Crippen molar-refractivity contribution in [1.29, 1.82) is 0 Å². The van der Waals surface area contributed by atoms with E-state index in [0.717, 1.165) is 0 Å². The number of aliphatic hydroxyl groups is 1. The maximum absolute atomic E-state index is 13.5. The van der Waals surface area contributed by atoms with Crippen molar-refractivity contribution in [3.63, 3.8) is 0 Å². The lowest BCUT2D eigenvalue weighted by atomic mass is 9.94. The largest absolute Gasteiger partial charge is 0.393 e. The van der Waals surface area contributed by atoms with Crippen LogP contribution >= 0.6 is 0 Å². The minimum absolute atomic E-state index is 0.408. The highest BCUT2D eigenvalue weighted by Gasteiger charge is 2.28. The van der Waals surface area contributed by atoms with Gasteiger partial charge in [-0.2, -0.15) is 0 Å². The van der Waals surface area contributed by atoms with Crippen molar-refractivity contribution >= 4 is 10.0 Å². The minimum Gasteiger partial charge on any atom is -0.393 e. The summed E-state index contributed by atoms with van der Waals surface area (Å²) < 4.78 is 65.5. The fourth-order valence-corrected chi connectivity index (χ4v) is 3.57. The van der Waals surface area contributed by atoms with Gasteiger partial charge in [0.2, 0.25) is 10.0 Å². The molecule has 0 bridgehead atoms. The fourth-order valence-electron chi connectivity index (χ4n) is 2.19. The van der Waals surface area contributed by atoms with E-state index in [1.165, 1.54) is 0 Å². The summed E-state index contributed by atoms with van der Waals surface area (Å²) in [5.41, 5.74) is 0. The first-order valence-electron chi connectivity index (χ1n) is 6.15. The van der Waals surface area contributed by atoms with Crippen LogP contribution in [-0.4, -0.2) is 25.7 Å². The quantitative estimate of drug-likeness (QED) is 0.835. The van der Waals surface area contributed by atoms with Gasteiger partial charge >= 0.3 is 0 Å². The zero-order valence-corrected chi connectivity index (χ0v) is 11.3. The standard InChI is InChI=1S/C12H14F3NO3S/c13-9-5-6-10(12(15)11(9)14)20(18,19)16-7-1-3-8(17)4-2-7/h5-8,16-17H,1-4H2. The Morgan fingerprint density at radius 1 is 1.05 bits per heavy atom. The van der Waals surface area contributed by atoms with Crippen LogP contribution in [0.1, 0.15) is 25.7 Å². The molecule has 1 fully saturated rings.